The van der Waals surface area contributed by atoms with Crippen LogP contribution in [-0.2, 0) is 14.4 Å². The Bertz CT molecular complexity index is 1280. The first-order valence-electron chi connectivity index (χ1n) is 12.1. The van der Waals surface area contributed by atoms with Crippen LogP contribution in [0.25, 0.3) is 0 Å². The molecule has 2 aliphatic rings. The molecule has 2 aromatic carbocycles. The molecule has 0 bridgehead atoms. The Morgan fingerprint density at radius 2 is 0.906 bits per heavy atom. The Morgan fingerprint density at radius 1 is 0.594 bits per heavy atom. The van der Waals surface area contributed by atoms with Crippen LogP contribution in [0.2, 0.25) is 9.26 Å². The average Bonchev–Trinajstić information content (AvgIpc) is 3.18. The first-order valence-corrected chi connectivity index (χ1v) is 27.9. The number of allylic oxidation sites excluding steroid dienone is 8. The summed E-state index contributed by atoms with van der Waals surface area (Å²) in [5.74, 6) is 0.830. The Labute approximate surface area is 191 Å². The van der Waals surface area contributed by atoms with Crippen molar-refractivity contribution in [3.05, 3.63) is 102 Å². The predicted octanol–water partition coefficient (Wildman–Crippen LogP) is 6.78. The van der Waals surface area contributed by atoms with E-state index < -0.39 is 14.4 Å². The summed E-state index contributed by atoms with van der Waals surface area (Å²) < 4.78 is 12.0. The van der Waals surface area contributed by atoms with Crippen molar-refractivity contribution in [2.75, 3.05) is 0 Å². The van der Waals surface area contributed by atoms with Crippen LogP contribution in [0.3, 0.4) is 0 Å². The van der Waals surface area contributed by atoms with Crippen LogP contribution in [0, 0.1) is 11.8 Å². The van der Waals surface area contributed by atoms with Gasteiger partial charge in [0, 0.05) is 0 Å². The zero-order valence-corrected chi connectivity index (χ0v) is 25.2. The van der Waals surface area contributed by atoms with E-state index >= 15 is 0 Å². The topological polar surface area (TPSA) is 0 Å². The van der Waals surface area contributed by atoms with E-state index in [2.05, 4.69) is 131 Å². The van der Waals surface area contributed by atoms with Crippen LogP contribution in [0.5, 0.6) is 0 Å². The van der Waals surface area contributed by atoms with Gasteiger partial charge in [-0.2, -0.15) is 0 Å². The van der Waals surface area contributed by atoms with Crippen molar-refractivity contribution in [3.8, 4) is 0 Å². The number of benzene rings is 2. The first-order chi connectivity index (χ1) is 14.7. The van der Waals surface area contributed by atoms with Gasteiger partial charge >= 0.3 is 192 Å². The van der Waals surface area contributed by atoms with Crippen molar-refractivity contribution in [2.45, 2.75) is 50.8 Å². The molecule has 2 aromatic rings. The molecule has 2 atom stereocenters. The third-order valence-electron chi connectivity index (χ3n) is 10.2. The van der Waals surface area contributed by atoms with Crippen molar-refractivity contribution in [2.24, 2.45) is 11.8 Å². The van der Waals surface area contributed by atoms with Gasteiger partial charge in [-0.25, -0.2) is 0 Å². The van der Waals surface area contributed by atoms with E-state index in [9.17, 15) is 0 Å². The Balaban J connectivity index is 2.45. The summed E-state index contributed by atoms with van der Waals surface area (Å²) in [7, 11) is 0. The summed E-state index contributed by atoms with van der Waals surface area (Å²) >= 11 is -5.41. The standard InChI is InChI=1S/2C8H11.2C6H5.2CH3.H2Si.Zr/c2*1-6-4-7(2)8(3)5-6;2*1-2-4-6-5-3-1;;;;/h2*4,8H,1-3H3;2*1-5H;2*1H3;1H2;. The molecule has 0 radical (unpaired) electrons. The van der Waals surface area contributed by atoms with Gasteiger partial charge in [0.15, 0.2) is 0 Å². The second-order valence-corrected chi connectivity index (χ2v) is 58.0. The molecule has 0 aliphatic heterocycles. The van der Waals surface area contributed by atoms with E-state index in [1.54, 1.807) is 6.56 Å². The summed E-state index contributed by atoms with van der Waals surface area (Å²) in [5.41, 5.74) is 5.92. The van der Waals surface area contributed by atoms with E-state index in [1.165, 1.54) is 28.8 Å². The van der Waals surface area contributed by atoms with Crippen molar-refractivity contribution < 1.29 is 14.4 Å². The molecule has 0 saturated heterocycles. The van der Waals surface area contributed by atoms with Gasteiger partial charge in [-0.1, -0.05) is 0 Å². The predicted molar refractivity (Wildman–Crippen MR) is 144 cm³/mol. The number of hydrogen-bond donors (Lipinski definition) is 0. The van der Waals surface area contributed by atoms with Crippen LogP contribution < -0.4 is 6.54 Å². The normalized spacial score (nSPS) is 25.1. The van der Waals surface area contributed by atoms with Gasteiger partial charge in [-0.05, 0) is 0 Å². The van der Waals surface area contributed by atoms with Crippen molar-refractivity contribution >= 4 is 13.4 Å². The monoisotopic (exact) mass is 518 g/mol. The zero-order chi connectivity index (χ0) is 23.6. The van der Waals surface area contributed by atoms with E-state index in [4.69, 9.17) is 0 Å². The second kappa shape index (κ2) is 6.34. The third kappa shape index (κ3) is 2.41. The maximum atomic E-state index is 2.75. The second-order valence-electron chi connectivity index (χ2n) is 12.8. The van der Waals surface area contributed by atoms with Crippen molar-refractivity contribution in [1.29, 1.82) is 0 Å². The van der Waals surface area contributed by atoms with Gasteiger partial charge in [0.1, 0.15) is 0 Å². The molecule has 2 heteroatoms. The molecule has 4 rings (SSSR count). The van der Waals surface area contributed by atoms with Crippen molar-refractivity contribution in [3.63, 3.8) is 0 Å². The molecular formula is C30H40SiZr. The molecule has 0 heterocycles. The van der Waals surface area contributed by atoms with Gasteiger partial charge in [0.2, 0.25) is 0 Å². The summed E-state index contributed by atoms with van der Waals surface area (Å²) in [6.45, 7) is 16.7. The summed E-state index contributed by atoms with van der Waals surface area (Å²) in [6.07, 6.45) is 4.93. The van der Waals surface area contributed by atoms with Crippen LogP contribution in [-0.4, -0.2) is 6.88 Å². The van der Waals surface area contributed by atoms with Crippen LogP contribution in [0.4, 0.5) is 0 Å². The summed E-state index contributed by atoms with van der Waals surface area (Å²) in [5, 5.41) is 0. The molecule has 32 heavy (non-hydrogen) atoms. The minimum atomic E-state index is -5.41. The van der Waals surface area contributed by atoms with Gasteiger partial charge < -0.3 is 0 Å². The third-order valence-corrected chi connectivity index (χ3v) is 48.3. The first kappa shape index (κ1) is 23.7. The fraction of sp³-hybridized carbons (Fsp3) is 0.333. The van der Waals surface area contributed by atoms with Gasteiger partial charge in [0.25, 0.3) is 0 Å². The summed E-state index contributed by atoms with van der Waals surface area (Å²) in [6, 6.07) is 23.2. The Kier molecular flexibility index (Phi) is 4.68. The average molecular weight is 520 g/mol. The Hall–Kier alpha value is -1.50. The molecule has 0 amide bonds. The van der Waals surface area contributed by atoms with E-state index in [-0.39, 0.29) is 0 Å². The SMILES string of the molecule is CC1=CC(C)=[C]([Zr]([CH3])([CH3])(=[SiH2])([C]2=C(C)C=C(C)C2C)([c]2ccccc2)[c]2ccccc2)C1C. The van der Waals surface area contributed by atoms with Crippen LogP contribution >= 0.6 is 0 Å². The fourth-order valence-electron chi connectivity index (χ4n) is 8.92. The molecule has 0 fully saturated rings. The van der Waals surface area contributed by atoms with Gasteiger partial charge in [-0.15, -0.1) is 0 Å². The minimum absolute atomic E-state index is 0.415. The van der Waals surface area contributed by atoms with E-state index in [0.29, 0.717) is 11.8 Å². The molecule has 0 aromatic heterocycles. The molecule has 2 unspecified atom stereocenters. The molecule has 0 spiro atoms. The molecular weight excluding hydrogens is 480 g/mol. The van der Waals surface area contributed by atoms with Gasteiger partial charge in [-0.3, -0.25) is 0 Å². The number of rotatable bonds is 4. The number of hydrogen-bond acceptors (Lipinski definition) is 0. The van der Waals surface area contributed by atoms with Gasteiger partial charge in [0.05, 0.1) is 0 Å². The molecule has 168 valence electrons. The fourth-order valence-corrected chi connectivity index (χ4v) is 49.6. The van der Waals surface area contributed by atoms with E-state index in [1.807, 2.05) is 0 Å². The van der Waals surface area contributed by atoms with Crippen LogP contribution in [0.1, 0.15) is 41.5 Å². The molecule has 0 saturated carbocycles. The summed E-state index contributed by atoms with van der Waals surface area (Å²) in [4.78, 5) is 0. The Morgan fingerprint density at radius 3 is 1.16 bits per heavy atom. The van der Waals surface area contributed by atoms with Crippen LogP contribution in [0.15, 0.2) is 102 Å². The quantitative estimate of drug-likeness (QED) is 0.390. The molecule has 2 aliphatic carbocycles. The van der Waals surface area contributed by atoms with Crippen molar-refractivity contribution in [1.82, 2.24) is 0 Å². The maximum absolute atomic E-state index is 5.41. The molecule has 0 nitrogen and oxygen atoms in total. The molecule has 0 N–H and O–H groups in total. The van der Waals surface area contributed by atoms with E-state index in [0.717, 1.165) is 0 Å². The zero-order valence-electron chi connectivity index (χ0n) is 21.3.